The highest BCUT2D eigenvalue weighted by atomic mass is 16.5. The average molecular weight is 341 g/mol. The van der Waals surface area contributed by atoms with E-state index in [1.165, 1.54) is 7.11 Å². The number of esters is 2. The van der Waals surface area contributed by atoms with Crippen LogP contribution in [-0.2, 0) is 16.1 Å². The van der Waals surface area contributed by atoms with Gasteiger partial charge in [-0.05, 0) is 38.0 Å². The van der Waals surface area contributed by atoms with Crippen LogP contribution in [0.15, 0.2) is 24.5 Å². The van der Waals surface area contributed by atoms with Gasteiger partial charge in [-0.15, -0.1) is 0 Å². The Labute approximate surface area is 144 Å². The van der Waals surface area contributed by atoms with E-state index in [9.17, 15) is 9.59 Å². The number of imidazole rings is 1. The number of fused-ring (bicyclic) bond motifs is 1. The lowest BCUT2D eigenvalue weighted by molar-refractivity contribution is 0.0461. The van der Waals surface area contributed by atoms with Crippen molar-refractivity contribution in [3.05, 3.63) is 58.3 Å². The number of aromatic amines is 1. The van der Waals surface area contributed by atoms with Crippen molar-refractivity contribution in [2.75, 3.05) is 7.11 Å². The van der Waals surface area contributed by atoms with E-state index in [1.807, 2.05) is 35.9 Å². The Morgan fingerprint density at radius 2 is 2.00 bits per heavy atom. The summed E-state index contributed by atoms with van der Waals surface area (Å²) in [5, 5.41) is 0. The molecule has 0 amide bonds. The van der Waals surface area contributed by atoms with Gasteiger partial charge in [-0.25, -0.2) is 14.6 Å². The second-order valence-corrected chi connectivity index (χ2v) is 5.85. The summed E-state index contributed by atoms with van der Waals surface area (Å²) >= 11 is 0. The molecule has 0 aliphatic heterocycles. The number of aromatic nitrogens is 3. The van der Waals surface area contributed by atoms with E-state index in [1.54, 1.807) is 13.8 Å². The van der Waals surface area contributed by atoms with Gasteiger partial charge in [-0.2, -0.15) is 0 Å². The fourth-order valence-corrected chi connectivity index (χ4v) is 2.85. The highest BCUT2D eigenvalue weighted by Crippen LogP contribution is 2.20. The minimum Gasteiger partial charge on any atom is -0.465 e. The number of hydrogen-bond donors (Lipinski definition) is 1. The van der Waals surface area contributed by atoms with Crippen LogP contribution in [0.4, 0.5) is 0 Å². The number of hydrogen-bond acceptors (Lipinski definition) is 5. The standard InChI is InChI=1S/C18H19N3O4/c1-10-6-5-7-21-8-13(20-16(10)21)9-25-18(23)15-11(2)14(12(3)19-15)17(22)24-4/h5-8,19H,9H2,1-4H3. The molecule has 3 aromatic rings. The number of carbonyl (C=O) groups is 2. The molecule has 0 saturated carbocycles. The minimum absolute atomic E-state index is 0.0466. The summed E-state index contributed by atoms with van der Waals surface area (Å²) in [6.07, 6.45) is 3.71. The van der Waals surface area contributed by atoms with E-state index in [-0.39, 0.29) is 12.3 Å². The van der Waals surface area contributed by atoms with Gasteiger partial charge in [-0.1, -0.05) is 6.07 Å². The normalized spacial score (nSPS) is 10.9. The summed E-state index contributed by atoms with van der Waals surface area (Å²) in [6, 6.07) is 3.90. The molecule has 7 heteroatoms. The van der Waals surface area contributed by atoms with Gasteiger partial charge in [0.15, 0.2) is 0 Å². The molecule has 0 saturated heterocycles. The number of ether oxygens (including phenoxy) is 2. The molecule has 0 aliphatic rings. The van der Waals surface area contributed by atoms with Crippen molar-refractivity contribution in [3.63, 3.8) is 0 Å². The van der Waals surface area contributed by atoms with E-state index >= 15 is 0 Å². The van der Waals surface area contributed by atoms with Gasteiger partial charge in [0.05, 0.1) is 18.4 Å². The van der Waals surface area contributed by atoms with Crippen LogP contribution in [0.3, 0.4) is 0 Å². The van der Waals surface area contributed by atoms with Crippen LogP contribution in [0.25, 0.3) is 5.65 Å². The summed E-state index contributed by atoms with van der Waals surface area (Å²) in [4.78, 5) is 31.5. The smallest absolute Gasteiger partial charge is 0.355 e. The Kier molecular flexibility index (Phi) is 4.31. The number of nitrogens with one attached hydrogen (secondary N) is 1. The second kappa shape index (κ2) is 6.43. The SMILES string of the molecule is COC(=O)c1c(C)[nH]c(C(=O)OCc2cn3cccc(C)c3n2)c1C. The molecule has 0 fully saturated rings. The van der Waals surface area contributed by atoms with E-state index in [0.717, 1.165) is 11.2 Å². The first-order valence-corrected chi connectivity index (χ1v) is 7.80. The van der Waals surface area contributed by atoms with Gasteiger partial charge in [0.2, 0.25) is 0 Å². The molecule has 3 aromatic heterocycles. The number of carbonyl (C=O) groups excluding carboxylic acids is 2. The monoisotopic (exact) mass is 341 g/mol. The van der Waals surface area contributed by atoms with Gasteiger partial charge in [0, 0.05) is 18.1 Å². The minimum atomic E-state index is -0.537. The summed E-state index contributed by atoms with van der Waals surface area (Å²) < 4.78 is 12.0. The number of rotatable bonds is 4. The van der Waals surface area contributed by atoms with E-state index in [0.29, 0.717) is 22.5 Å². The largest absolute Gasteiger partial charge is 0.465 e. The average Bonchev–Trinajstić information content (AvgIpc) is 3.14. The fraction of sp³-hybridized carbons (Fsp3) is 0.278. The first-order valence-electron chi connectivity index (χ1n) is 7.80. The molecule has 7 nitrogen and oxygen atoms in total. The lowest BCUT2D eigenvalue weighted by atomic mass is 10.1. The Balaban J connectivity index is 1.78. The van der Waals surface area contributed by atoms with Crippen molar-refractivity contribution in [2.45, 2.75) is 27.4 Å². The Morgan fingerprint density at radius 3 is 2.68 bits per heavy atom. The highest BCUT2D eigenvalue weighted by molar-refractivity contribution is 5.98. The zero-order chi connectivity index (χ0) is 18.1. The zero-order valence-electron chi connectivity index (χ0n) is 14.5. The summed E-state index contributed by atoms with van der Waals surface area (Å²) in [5.41, 5.74) is 4.21. The maximum atomic E-state index is 12.4. The third-order valence-corrected chi connectivity index (χ3v) is 4.11. The molecule has 0 spiro atoms. The summed E-state index contributed by atoms with van der Waals surface area (Å²) in [5.74, 6) is -1.02. The van der Waals surface area contributed by atoms with Crippen molar-refractivity contribution < 1.29 is 19.1 Å². The molecule has 130 valence electrons. The van der Waals surface area contributed by atoms with Crippen molar-refractivity contribution in [1.82, 2.24) is 14.4 Å². The molecule has 0 bridgehead atoms. The van der Waals surface area contributed by atoms with E-state index < -0.39 is 11.9 Å². The van der Waals surface area contributed by atoms with Crippen LogP contribution in [0, 0.1) is 20.8 Å². The quantitative estimate of drug-likeness (QED) is 0.738. The van der Waals surface area contributed by atoms with Crippen molar-refractivity contribution in [3.8, 4) is 0 Å². The lowest BCUT2D eigenvalue weighted by Crippen LogP contribution is -2.08. The van der Waals surface area contributed by atoms with Gasteiger partial charge in [0.25, 0.3) is 0 Å². The second-order valence-electron chi connectivity index (χ2n) is 5.85. The lowest BCUT2D eigenvalue weighted by Gasteiger charge is -2.02. The number of nitrogens with zero attached hydrogens (tertiary/aromatic N) is 2. The van der Waals surface area contributed by atoms with Crippen LogP contribution in [0.2, 0.25) is 0 Å². The van der Waals surface area contributed by atoms with Crippen LogP contribution >= 0.6 is 0 Å². The number of methoxy groups -OCH3 is 1. The highest BCUT2D eigenvalue weighted by Gasteiger charge is 2.23. The van der Waals surface area contributed by atoms with Crippen LogP contribution < -0.4 is 0 Å². The van der Waals surface area contributed by atoms with Crippen LogP contribution in [-0.4, -0.2) is 33.4 Å². The Morgan fingerprint density at radius 1 is 1.24 bits per heavy atom. The number of H-pyrrole nitrogens is 1. The molecule has 0 radical (unpaired) electrons. The van der Waals surface area contributed by atoms with Crippen molar-refractivity contribution >= 4 is 17.6 Å². The molecular formula is C18H19N3O4. The molecule has 0 aliphatic carbocycles. The molecular weight excluding hydrogens is 322 g/mol. The maximum Gasteiger partial charge on any atom is 0.355 e. The zero-order valence-corrected chi connectivity index (χ0v) is 14.5. The Bertz CT molecular complexity index is 968. The predicted octanol–water partition coefficient (Wildman–Crippen LogP) is 2.73. The molecule has 0 unspecified atom stereocenters. The summed E-state index contributed by atoms with van der Waals surface area (Å²) in [7, 11) is 1.30. The summed E-state index contributed by atoms with van der Waals surface area (Å²) in [6.45, 7) is 5.41. The molecule has 25 heavy (non-hydrogen) atoms. The van der Waals surface area contributed by atoms with Gasteiger partial charge in [-0.3, -0.25) is 0 Å². The maximum absolute atomic E-state index is 12.4. The first-order chi connectivity index (χ1) is 11.9. The van der Waals surface area contributed by atoms with E-state index in [2.05, 4.69) is 9.97 Å². The number of pyridine rings is 1. The number of aryl methyl sites for hydroxylation is 2. The van der Waals surface area contributed by atoms with Crippen LogP contribution in [0.5, 0.6) is 0 Å². The molecule has 3 heterocycles. The first kappa shape index (κ1) is 16.8. The van der Waals surface area contributed by atoms with E-state index in [4.69, 9.17) is 9.47 Å². The third-order valence-electron chi connectivity index (χ3n) is 4.11. The van der Waals surface area contributed by atoms with Crippen molar-refractivity contribution in [1.29, 1.82) is 0 Å². The van der Waals surface area contributed by atoms with Gasteiger partial charge >= 0.3 is 11.9 Å². The predicted molar refractivity (Wildman–Crippen MR) is 90.7 cm³/mol. The van der Waals surface area contributed by atoms with Crippen LogP contribution in [0.1, 0.15) is 43.4 Å². The topological polar surface area (TPSA) is 85.7 Å². The van der Waals surface area contributed by atoms with Gasteiger partial charge in [0.1, 0.15) is 17.9 Å². The third kappa shape index (κ3) is 3.00. The van der Waals surface area contributed by atoms with Crippen molar-refractivity contribution in [2.24, 2.45) is 0 Å². The van der Waals surface area contributed by atoms with Gasteiger partial charge < -0.3 is 18.9 Å². The molecule has 3 rings (SSSR count). The molecule has 0 atom stereocenters. The fourth-order valence-electron chi connectivity index (χ4n) is 2.85. The molecule has 0 aromatic carbocycles. The Hall–Kier alpha value is -3.09. The molecule has 1 N–H and O–H groups in total.